The van der Waals surface area contributed by atoms with Crippen LogP contribution in [0.3, 0.4) is 0 Å². The van der Waals surface area contributed by atoms with Gasteiger partial charge in [-0.25, -0.2) is 39.5 Å². The van der Waals surface area contributed by atoms with Crippen molar-refractivity contribution in [3.05, 3.63) is 5.92 Å². The molecule has 0 aromatic rings. The molecular formula is C4AgF9. The molecule has 90 valence electrons. The van der Waals surface area contributed by atoms with Crippen molar-refractivity contribution in [2.45, 2.75) is 18.5 Å². The number of rotatable bonds is 0. The molecule has 0 N–H and O–H groups in total. The molecule has 0 unspecified atom stereocenters. The van der Waals surface area contributed by atoms with Gasteiger partial charge in [0.15, 0.2) is 0 Å². The fourth-order valence-electron chi connectivity index (χ4n) is 0.482. The minimum Gasteiger partial charge on any atom is -0.206 e. The zero-order valence-corrected chi connectivity index (χ0v) is 7.19. The maximum Gasteiger partial charge on any atom is 1.00 e. The first kappa shape index (κ1) is 16.5. The summed E-state index contributed by atoms with van der Waals surface area (Å²) in [6.07, 6.45) is -19.3. The van der Waals surface area contributed by atoms with E-state index in [4.69, 9.17) is 0 Å². The summed E-state index contributed by atoms with van der Waals surface area (Å²) in [6, 6.07) is 0. The Bertz CT molecular complexity index is 139. The number of hydrogen-bond acceptors (Lipinski definition) is 0. The second-order valence-electron chi connectivity index (χ2n) is 1.87. The fraction of sp³-hybridized carbons (Fsp3) is 0.750. The van der Waals surface area contributed by atoms with Crippen molar-refractivity contribution in [3.8, 4) is 0 Å². The molecule has 0 saturated carbocycles. The van der Waals surface area contributed by atoms with E-state index in [0.29, 0.717) is 0 Å². The Labute approximate surface area is 87.0 Å². The molecule has 14 heavy (non-hydrogen) atoms. The van der Waals surface area contributed by atoms with E-state index in [1.54, 1.807) is 0 Å². The van der Waals surface area contributed by atoms with E-state index >= 15 is 0 Å². The average molecular weight is 327 g/mol. The Kier molecular flexibility index (Phi) is 5.10. The van der Waals surface area contributed by atoms with Crippen molar-refractivity contribution >= 4 is 0 Å². The van der Waals surface area contributed by atoms with Crippen LogP contribution in [-0.4, -0.2) is 18.5 Å². The van der Waals surface area contributed by atoms with Crippen LogP contribution in [0.5, 0.6) is 0 Å². The van der Waals surface area contributed by atoms with Crippen LogP contribution in [0.15, 0.2) is 0 Å². The first-order valence-corrected chi connectivity index (χ1v) is 2.45. The van der Waals surface area contributed by atoms with Gasteiger partial charge in [-0.3, -0.25) is 0 Å². The van der Waals surface area contributed by atoms with Crippen LogP contribution in [0, 0.1) is 5.92 Å². The summed E-state index contributed by atoms with van der Waals surface area (Å²) < 4.78 is 101. The van der Waals surface area contributed by atoms with Crippen LogP contribution < -0.4 is 0 Å². The second-order valence-corrected chi connectivity index (χ2v) is 1.87. The van der Waals surface area contributed by atoms with Crippen molar-refractivity contribution in [3.63, 3.8) is 0 Å². The van der Waals surface area contributed by atoms with Crippen LogP contribution in [0.1, 0.15) is 0 Å². The summed E-state index contributed by atoms with van der Waals surface area (Å²) in [4.78, 5) is 0. The van der Waals surface area contributed by atoms with Crippen LogP contribution in [0.25, 0.3) is 0 Å². The Morgan fingerprint density at radius 1 is 0.500 bits per heavy atom. The number of alkyl halides is 9. The molecular weight excluding hydrogens is 327 g/mol. The molecule has 0 aliphatic heterocycles. The van der Waals surface area contributed by atoms with Gasteiger partial charge in [0, 0.05) is 0 Å². The van der Waals surface area contributed by atoms with Gasteiger partial charge in [0.1, 0.15) is 0 Å². The third-order valence-electron chi connectivity index (χ3n) is 0.850. The quantitative estimate of drug-likeness (QED) is 0.364. The predicted octanol–water partition coefficient (Wildman–Crippen LogP) is 3.25. The maximum atomic E-state index is 11.2. The molecule has 0 fully saturated rings. The zero-order chi connectivity index (χ0) is 11.1. The molecule has 0 saturated heterocycles. The first-order chi connectivity index (χ1) is 5.37. The van der Waals surface area contributed by atoms with Crippen molar-refractivity contribution in [2.75, 3.05) is 0 Å². The summed E-state index contributed by atoms with van der Waals surface area (Å²) >= 11 is 0. The van der Waals surface area contributed by atoms with E-state index in [1.807, 2.05) is 0 Å². The smallest absolute Gasteiger partial charge is 0.206 e. The maximum absolute atomic E-state index is 11.2. The predicted molar refractivity (Wildman–Crippen MR) is 21.4 cm³/mol. The summed E-state index contributed by atoms with van der Waals surface area (Å²) in [6.45, 7) is 0. The number of halogens is 9. The molecule has 0 aromatic heterocycles. The molecule has 0 heterocycles. The molecule has 0 aliphatic carbocycles. The zero-order valence-electron chi connectivity index (χ0n) is 5.70. The number of hydrogen-bond donors (Lipinski definition) is 0. The van der Waals surface area contributed by atoms with E-state index in [2.05, 4.69) is 0 Å². The second kappa shape index (κ2) is 4.31. The molecule has 0 spiro atoms. The van der Waals surface area contributed by atoms with Crippen molar-refractivity contribution in [2.24, 2.45) is 0 Å². The molecule has 0 radical (unpaired) electrons. The monoisotopic (exact) mass is 326 g/mol. The molecule has 10 heteroatoms. The summed E-state index contributed by atoms with van der Waals surface area (Å²) in [5.41, 5.74) is 0. The minimum atomic E-state index is -6.45. The van der Waals surface area contributed by atoms with E-state index in [1.165, 1.54) is 0 Å². The molecule has 0 atom stereocenters. The van der Waals surface area contributed by atoms with Gasteiger partial charge in [0.05, 0.1) is 0 Å². The van der Waals surface area contributed by atoms with E-state index in [9.17, 15) is 39.5 Å². The Morgan fingerprint density at radius 2 is 0.643 bits per heavy atom. The first-order valence-electron chi connectivity index (χ1n) is 2.45. The largest absolute Gasteiger partial charge is 1.00 e. The average Bonchev–Trinajstić information content (AvgIpc) is 1.44. The fourth-order valence-corrected chi connectivity index (χ4v) is 0.482. The third-order valence-corrected chi connectivity index (χ3v) is 0.850. The van der Waals surface area contributed by atoms with Gasteiger partial charge >= 0.3 is 22.4 Å². The van der Waals surface area contributed by atoms with Gasteiger partial charge in [0.25, 0.3) is 18.5 Å². The Morgan fingerprint density at radius 3 is 0.643 bits per heavy atom. The molecule has 0 aliphatic rings. The standard InChI is InChI=1S/C4F9.Ag/c5-2(6,7)1(3(8,9)10)4(11,12)13;/q-1;+1. The van der Waals surface area contributed by atoms with Crippen LogP contribution in [0.4, 0.5) is 39.5 Å². The van der Waals surface area contributed by atoms with E-state index in [-0.39, 0.29) is 22.4 Å². The van der Waals surface area contributed by atoms with Gasteiger partial charge in [-0.15, -0.1) is 0 Å². The van der Waals surface area contributed by atoms with Crippen molar-refractivity contribution in [1.29, 1.82) is 0 Å². The molecule has 0 nitrogen and oxygen atoms in total. The van der Waals surface area contributed by atoms with E-state index < -0.39 is 24.4 Å². The summed E-state index contributed by atoms with van der Waals surface area (Å²) in [5.74, 6) is -4.35. The van der Waals surface area contributed by atoms with Gasteiger partial charge in [-0.2, -0.15) is 0 Å². The topological polar surface area (TPSA) is 0 Å². The molecule has 0 bridgehead atoms. The van der Waals surface area contributed by atoms with Crippen molar-refractivity contribution < 1.29 is 61.9 Å². The van der Waals surface area contributed by atoms with Crippen LogP contribution in [0.2, 0.25) is 0 Å². The van der Waals surface area contributed by atoms with Crippen molar-refractivity contribution in [1.82, 2.24) is 0 Å². The van der Waals surface area contributed by atoms with E-state index in [0.717, 1.165) is 0 Å². The van der Waals surface area contributed by atoms with Gasteiger partial charge in [-0.05, 0) is 5.92 Å². The van der Waals surface area contributed by atoms with Crippen LogP contribution in [-0.2, 0) is 22.4 Å². The molecule has 0 rings (SSSR count). The summed E-state index contributed by atoms with van der Waals surface area (Å²) in [7, 11) is 0. The Hall–Kier alpha value is 0.110. The third kappa shape index (κ3) is 4.56. The van der Waals surface area contributed by atoms with Crippen LogP contribution >= 0.6 is 0 Å². The Balaban J connectivity index is 0. The van der Waals surface area contributed by atoms with Gasteiger partial charge in [-0.1, -0.05) is 0 Å². The summed E-state index contributed by atoms with van der Waals surface area (Å²) in [5, 5.41) is 0. The molecule has 0 aromatic carbocycles. The van der Waals surface area contributed by atoms with Gasteiger partial charge < -0.3 is 0 Å². The normalized spacial score (nSPS) is 14.1. The molecule has 0 amide bonds. The SMILES string of the molecule is FC(F)(F)[C-](C(F)(F)F)C(F)(F)F.[Ag+]. The van der Waals surface area contributed by atoms with Gasteiger partial charge in [0.2, 0.25) is 0 Å². The minimum absolute atomic E-state index is 0.